The lowest BCUT2D eigenvalue weighted by atomic mass is 10.1. The highest BCUT2D eigenvalue weighted by molar-refractivity contribution is 5.43. The second-order valence-electron chi connectivity index (χ2n) is 3.54. The van der Waals surface area contributed by atoms with Crippen LogP contribution >= 0.6 is 0 Å². The Morgan fingerprint density at radius 2 is 1.94 bits per heavy atom. The molecule has 0 aliphatic carbocycles. The molecular weight excluding hydrogens is 206 g/mol. The molecular formula is C12H19NO3. The molecule has 1 aromatic rings. The van der Waals surface area contributed by atoms with E-state index in [1.807, 2.05) is 25.1 Å². The summed E-state index contributed by atoms with van der Waals surface area (Å²) in [6.07, 6.45) is 0. The molecule has 0 aliphatic heterocycles. The van der Waals surface area contributed by atoms with E-state index in [4.69, 9.17) is 19.9 Å². The zero-order valence-corrected chi connectivity index (χ0v) is 10.0. The van der Waals surface area contributed by atoms with Crippen LogP contribution in [0.5, 0.6) is 11.5 Å². The third kappa shape index (κ3) is 3.40. The van der Waals surface area contributed by atoms with Gasteiger partial charge in [-0.3, -0.25) is 0 Å². The lowest BCUT2D eigenvalue weighted by molar-refractivity contribution is 0.144. The Kier molecular flexibility index (Phi) is 5.08. The van der Waals surface area contributed by atoms with Gasteiger partial charge in [0.1, 0.15) is 6.61 Å². The molecule has 0 spiro atoms. The first-order chi connectivity index (χ1) is 7.69. The first-order valence-electron chi connectivity index (χ1n) is 5.24. The fourth-order valence-corrected chi connectivity index (χ4v) is 1.32. The van der Waals surface area contributed by atoms with Crippen molar-refractivity contribution < 1.29 is 14.2 Å². The predicted molar refractivity (Wildman–Crippen MR) is 63.0 cm³/mol. The highest BCUT2D eigenvalue weighted by Crippen LogP contribution is 2.29. The maximum absolute atomic E-state index is 5.79. The molecule has 2 N–H and O–H groups in total. The second-order valence-corrected chi connectivity index (χ2v) is 3.54. The summed E-state index contributed by atoms with van der Waals surface area (Å²) in [4.78, 5) is 0. The van der Waals surface area contributed by atoms with Crippen LogP contribution in [0.4, 0.5) is 0 Å². The number of nitrogens with two attached hydrogens (primary N) is 1. The minimum atomic E-state index is -0.0121. The van der Waals surface area contributed by atoms with Gasteiger partial charge in [0, 0.05) is 13.2 Å². The van der Waals surface area contributed by atoms with E-state index in [9.17, 15) is 0 Å². The molecule has 0 heterocycles. The number of hydrogen-bond acceptors (Lipinski definition) is 4. The fourth-order valence-electron chi connectivity index (χ4n) is 1.32. The zero-order chi connectivity index (χ0) is 12.0. The fraction of sp³-hybridized carbons (Fsp3) is 0.500. The molecule has 90 valence electrons. The molecule has 1 unspecified atom stereocenters. The normalized spacial score (nSPS) is 12.2. The Morgan fingerprint density at radius 1 is 1.19 bits per heavy atom. The Hall–Kier alpha value is -1.26. The Labute approximate surface area is 96.3 Å². The highest BCUT2D eigenvalue weighted by Gasteiger charge is 2.07. The summed E-state index contributed by atoms with van der Waals surface area (Å²) in [7, 11) is 3.25. The van der Waals surface area contributed by atoms with Crippen LogP contribution in [0.1, 0.15) is 18.5 Å². The van der Waals surface area contributed by atoms with E-state index in [0.29, 0.717) is 24.7 Å². The first-order valence-corrected chi connectivity index (χ1v) is 5.24. The van der Waals surface area contributed by atoms with Crippen molar-refractivity contribution in [2.45, 2.75) is 13.0 Å². The molecule has 4 heteroatoms. The van der Waals surface area contributed by atoms with Gasteiger partial charge in [0.05, 0.1) is 13.7 Å². The number of ether oxygens (including phenoxy) is 3. The van der Waals surface area contributed by atoms with Crippen LogP contribution in [0.15, 0.2) is 18.2 Å². The standard InChI is InChI=1S/C12H19NO3/c1-9(13)10-4-5-11(12(8-10)15-3)16-7-6-14-2/h4-5,8-9H,6-7,13H2,1-3H3. The van der Waals surface area contributed by atoms with Crippen molar-refractivity contribution in [1.29, 1.82) is 0 Å². The molecule has 16 heavy (non-hydrogen) atoms. The Bertz CT molecular complexity index is 326. The summed E-state index contributed by atoms with van der Waals surface area (Å²) in [6, 6.07) is 5.69. The molecule has 0 aliphatic rings. The second kappa shape index (κ2) is 6.35. The maximum atomic E-state index is 5.79. The van der Waals surface area contributed by atoms with E-state index >= 15 is 0 Å². The van der Waals surface area contributed by atoms with Gasteiger partial charge in [-0.25, -0.2) is 0 Å². The van der Waals surface area contributed by atoms with Crippen LogP contribution in [0.2, 0.25) is 0 Å². The maximum Gasteiger partial charge on any atom is 0.161 e. The lowest BCUT2D eigenvalue weighted by Gasteiger charge is -2.13. The van der Waals surface area contributed by atoms with Gasteiger partial charge in [0.2, 0.25) is 0 Å². The topological polar surface area (TPSA) is 53.7 Å². The van der Waals surface area contributed by atoms with Gasteiger partial charge in [-0.2, -0.15) is 0 Å². The van der Waals surface area contributed by atoms with Crippen LogP contribution < -0.4 is 15.2 Å². The van der Waals surface area contributed by atoms with E-state index < -0.39 is 0 Å². The number of rotatable bonds is 6. The first kappa shape index (κ1) is 12.8. The predicted octanol–water partition coefficient (Wildman–Crippen LogP) is 1.74. The quantitative estimate of drug-likeness (QED) is 0.749. The smallest absolute Gasteiger partial charge is 0.161 e. The molecule has 0 fully saturated rings. The van der Waals surface area contributed by atoms with E-state index in [2.05, 4.69) is 0 Å². The Balaban J connectivity index is 2.76. The van der Waals surface area contributed by atoms with Gasteiger partial charge in [0.25, 0.3) is 0 Å². The zero-order valence-electron chi connectivity index (χ0n) is 10.0. The van der Waals surface area contributed by atoms with Crippen molar-refractivity contribution >= 4 is 0 Å². The Morgan fingerprint density at radius 3 is 2.50 bits per heavy atom. The van der Waals surface area contributed by atoms with E-state index in [-0.39, 0.29) is 6.04 Å². The lowest BCUT2D eigenvalue weighted by Crippen LogP contribution is -2.07. The summed E-state index contributed by atoms with van der Waals surface area (Å²) in [6.45, 7) is 2.99. The molecule has 4 nitrogen and oxygen atoms in total. The van der Waals surface area contributed by atoms with Crippen molar-refractivity contribution in [2.75, 3.05) is 27.4 Å². The summed E-state index contributed by atoms with van der Waals surface area (Å²) < 4.78 is 15.7. The van der Waals surface area contributed by atoms with Crippen LogP contribution in [-0.4, -0.2) is 27.4 Å². The SMILES string of the molecule is COCCOc1ccc(C(C)N)cc1OC. The number of hydrogen-bond donors (Lipinski definition) is 1. The minimum Gasteiger partial charge on any atom is -0.493 e. The third-order valence-electron chi connectivity index (χ3n) is 2.26. The molecule has 1 atom stereocenters. The number of benzene rings is 1. The molecule has 0 bridgehead atoms. The van der Waals surface area contributed by atoms with Crippen molar-refractivity contribution in [3.63, 3.8) is 0 Å². The van der Waals surface area contributed by atoms with Gasteiger partial charge in [-0.15, -0.1) is 0 Å². The van der Waals surface area contributed by atoms with Crippen LogP contribution in [-0.2, 0) is 4.74 Å². The van der Waals surface area contributed by atoms with Crippen molar-refractivity contribution in [3.05, 3.63) is 23.8 Å². The van der Waals surface area contributed by atoms with Gasteiger partial charge in [0.15, 0.2) is 11.5 Å². The molecule has 1 rings (SSSR count). The molecule has 1 aromatic carbocycles. The van der Waals surface area contributed by atoms with Crippen LogP contribution in [0.25, 0.3) is 0 Å². The van der Waals surface area contributed by atoms with Crippen LogP contribution in [0, 0.1) is 0 Å². The molecule has 0 saturated heterocycles. The molecule has 0 saturated carbocycles. The molecule has 0 aromatic heterocycles. The number of methoxy groups -OCH3 is 2. The van der Waals surface area contributed by atoms with Gasteiger partial charge in [-0.1, -0.05) is 6.07 Å². The molecule has 0 radical (unpaired) electrons. The van der Waals surface area contributed by atoms with Gasteiger partial charge < -0.3 is 19.9 Å². The third-order valence-corrected chi connectivity index (χ3v) is 2.26. The highest BCUT2D eigenvalue weighted by atomic mass is 16.5. The largest absolute Gasteiger partial charge is 0.493 e. The summed E-state index contributed by atoms with van der Waals surface area (Å²) in [5.41, 5.74) is 6.82. The summed E-state index contributed by atoms with van der Waals surface area (Å²) in [5, 5.41) is 0. The van der Waals surface area contributed by atoms with Crippen molar-refractivity contribution in [3.8, 4) is 11.5 Å². The summed E-state index contributed by atoms with van der Waals surface area (Å²) >= 11 is 0. The van der Waals surface area contributed by atoms with Gasteiger partial charge in [-0.05, 0) is 24.6 Å². The van der Waals surface area contributed by atoms with E-state index in [1.165, 1.54) is 0 Å². The minimum absolute atomic E-state index is 0.0121. The van der Waals surface area contributed by atoms with Crippen molar-refractivity contribution in [1.82, 2.24) is 0 Å². The van der Waals surface area contributed by atoms with Crippen molar-refractivity contribution in [2.24, 2.45) is 5.73 Å². The monoisotopic (exact) mass is 225 g/mol. The summed E-state index contributed by atoms with van der Waals surface area (Å²) in [5.74, 6) is 1.41. The average Bonchev–Trinajstić information content (AvgIpc) is 2.29. The van der Waals surface area contributed by atoms with E-state index in [0.717, 1.165) is 5.56 Å². The average molecular weight is 225 g/mol. The molecule has 0 amide bonds. The van der Waals surface area contributed by atoms with Crippen LogP contribution in [0.3, 0.4) is 0 Å². The van der Waals surface area contributed by atoms with Gasteiger partial charge >= 0.3 is 0 Å². The van der Waals surface area contributed by atoms with E-state index in [1.54, 1.807) is 14.2 Å².